The number of amides is 1. The van der Waals surface area contributed by atoms with E-state index in [0.717, 1.165) is 5.69 Å². The number of carbonyl (C=O) groups excluding carboxylic acids is 1. The normalized spacial score (nSPS) is 10.0. The standard InChI is InChI=1S/C12H13N5O/c13-9-1-2-10(15-6-9)5-12(18)16-7-11-3-4-14-8-17-11/h1-4,6,8H,5,7,13H2,(H,16,18). The van der Waals surface area contributed by atoms with Crippen molar-refractivity contribution >= 4 is 11.6 Å². The van der Waals surface area contributed by atoms with E-state index in [-0.39, 0.29) is 12.3 Å². The molecule has 0 aliphatic heterocycles. The maximum atomic E-state index is 11.6. The molecule has 0 aliphatic carbocycles. The van der Waals surface area contributed by atoms with E-state index < -0.39 is 0 Å². The van der Waals surface area contributed by atoms with Crippen molar-refractivity contribution in [1.82, 2.24) is 20.3 Å². The van der Waals surface area contributed by atoms with Gasteiger partial charge in [-0.1, -0.05) is 0 Å². The van der Waals surface area contributed by atoms with Crippen LogP contribution in [0.4, 0.5) is 5.69 Å². The average molecular weight is 243 g/mol. The van der Waals surface area contributed by atoms with Gasteiger partial charge in [0.1, 0.15) is 6.33 Å². The summed E-state index contributed by atoms with van der Waals surface area (Å²) in [6, 6.07) is 5.21. The predicted molar refractivity (Wildman–Crippen MR) is 66.2 cm³/mol. The Hall–Kier alpha value is -2.50. The number of nitrogens with two attached hydrogens (primary N) is 1. The third kappa shape index (κ3) is 3.51. The highest BCUT2D eigenvalue weighted by atomic mass is 16.1. The Morgan fingerprint density at radius 1 is 1.22 bits per heavy atom. The first-order valence-corrected chi connectivity index (χ1v) is 5.46. The van der Waals surface area contributed by atoms with E-state index in [1.165, 1.54) is 12.5 Å². The van der Waals surface area contributed by atoms with E-state index in [2.05, 4.69) is 20.3 Å². The van der Waals surface area contributed by atoms with E-state index >= 15 is 0 Å². The van der Waals surface area contributed by atoms with Gasteiger partial charge in [0.15, 0.2) is 0 Å². The van der Waals surface area contributed by atoms with Crippen LogP contribution in [-0.2, 0) is 17.8 Å². The summed E-state index contributed by atoms with van der Waals surface area (Å²) >= 11 is 0. The molecule has 0 aliphatic rings. The van der Waals surface area contributed by atoms with Gasteiger partial charge >= 0.3 is 0 Å². The zero-order valence-corrected chi connectivity index (χ0v) is 9.71. The topological polar surface area (TPSA) is 93.8 Å². The van der Waals surface area contributed by atoms with Gasteiger partial charge in [0.2, 0.25) is 5.91 Å². The van der Waals surface area contributed by atoms with E-state index in [1.54, 1.807) is 24.4 Å². The first kappa shape index (κ1) is 12.0. The summed E-state index contributed by atoms with van der Waals surface area (Å²) in [5, 5.41) is 2.76. The lowest BCUT2D eigenvalue weighted by molar-refractivity contribution is -0.120. The number of nitrogens with zero attached hydrogens (tertiary/aromatic N) is 3. The minimum absolute atomic E-state index is 0.106. The van der Waals surface area contributed by atoms with Gasteiger partial charge in [0, 0.05) is 11.9 Å². The second-order valence-corrected chi connectivity index (χ2v) is 3.74. The van der Waals surface area contributed by atoms with Gasteiger partial charge in [0.05, 0.1) is 30.5 Å². The van der Waals surface area contributed by atoms with Crippen LogP contribution in [0.3, 0.4) is 0 Å². The van der Waals surface area contributed by atoms with Crippen molar-refractivity contribution in [3.63, 3.8) is 0 Å². The molecule has 92 valence electrons. The molecule has 0 spiro atoms. The summed E-state index contributed by atoms with van der Waals surface area (Å²) in [6.45, 7) is 0.385. The summed E-state index contributed by atoms with van der Waals surface area (Å²) in [5.41, 5.74) is 7.55. The van der Waals surface area contributed by atoms with Gasteiger partial charge in [-0.15, -0.1) is 0 Å². The van der Waals surface area contributed by atoms with Gasteiger partial charge in [-0.05, 0) is 18.2 Å². The summed E-state index contributed by atoms with van der Waals surface area (Å²) < 4.78 is 0. The van der Waals surface area contributed by atoms with E-state index in [1.807, 2.05) is 0 Å². The second-order valence-electron chi connectivity index (χ2n) is 3.74. The number of nitrogens with one attached hydrogen (secondary N) is 1. The molecule has 6 nitrogen and oxygen atoms in total. The summed E-state index contributed by atoms with van der Waals surface area (Å²) in [6.07, 6.45) is 4.84. The largest absolute Gasteiger partial charge is 0.397 e. The highest BCUT2D eigenvalue weighted by molar-refractivity contribution is 5.78. The molecular weight excluding hydrogens is 230 g/mol. The van der Waals surface area contributed by atoms with Crippen LogP contribution in [0.5, 0.6) is 0 Å². The molecule has 2 rings (SSSR count). The quantitative estimate of drug-likeness (QED) is 0.806. The van der Waals surface area contributed by atoms with Crippen LogP contribution in [0.1, 0.15) is 11.4 Å². The molecule has 0 bridgehead atoms. The maximum absolute atomic E-state index is 11.6. The molecule has 2 aromatic rings. The third-order valence-electron chi connectivity index (χ3n) is 2.30. The number of aromatic nitrogens is 3. The average Bonchev–Trinajstić information content (AvgIpc) is 2.40. The molecule has 2 aromatic heterocycles. The molecule has 1 amide bonds. The lowest BCUT2D eigenvalue weighted by atomic mass is 10.2. The Labute approximate surface area is 104 Å². The van der Waals surface area contributed by atoms with Crippen LogP contribution in [0.2, 0.25) is 0 Å². The predicted octanol–water partition coefficient (Wildman–Crippen LogP) is 0.313. The zero-order chi connectivity index (χ0) is 12.8. The Balaban J connectivity index is 1.84. The van der Waals surface area contributed by atoms with E-state index in [4.69, 9.17) is 5.73 Å². The molecular formula is C12H13N5O. The lowest BCUT2D eigenvalue weighted by Crippen LogP contribution is -2.25. The van der Waals surface area contributed by atoms with Crippen LogP contribution in [0.15, 0.2) is 36.9 Å². The number of hydrogen-bond donors (Lipinski definition) is 2. The fourth-order valence-electron chi connectivity index (χ4n) is 1.38. The molecule has 0 atom stereocenters. The first-order chi connectivity index (χ1) is 8.74. The minimum Gasteiger partial charge on any atom is -0.397 e. The van der Waals surface area contributed by atoms with Crippen LogP contribution in [0.25, 0.3) is 0 Å². The van der Waals surface area contributed by atoms with Crippen molar-refractivity contribution in [2.75, 3.05) is 5.73 Å². The molecule has 0 radical (unpaired) electrons. The second kappa shape index (κ2) is 5.72. The fourth-order valence-corrected chi connectivity index (χ4v) is 1.38. The third-order valence-corrected chi connectivity index (χ3v) is 2.30. The Bertz CT molecular complexity index is 512. The SMILES string of the molecule is Nc1ccc(CC(=O)NCc2ccncn2)nc1. The molecule has 18 heavy (non-hydrogen) atoms. The zero-order valence-electron chi connectivity index (χ0n) is 9.71. The van der Waals surface area contributed by atoms with Crippen LogP contribution < -0.4 is 11.1 Å². The van der Waals surface area contributed by atoms with Crippen molar-refractivity contribution in [3.05, 3.63) is 48.3 Å². The number of hydrogen-bond acceptors (Lipinski definition) is 5. The Morgan fingerprint density at radius 3 is 2.78 bits per heavy atom. The molecule has 3 N–H and O–H groups in total. The van der Waals surface area contributed by atoms with Crippen molar-refractivity contribution in [1.29, 1.82) is 0 Å². The van der Waals surface area contributed by atoms with Crippen LogP contribution in [-0.4, -0.2) is 20.9 Å². The summed E-state index contributed by atoms with van der Waals surface area (Å²) in [7, 11) is 0. The molecule has 2 heterocycles. The van der Waals surface area contributed by atoms with Gasteiger partial charge in [-0.2, -0.15) is 0 Å². The van der Waals surface area contributed by atoms with Gasteiger partial charge < -0.3 is 11.1 Å². The van der Waals surface area contributed by atoms with Gasteiger partial charge in [-0.3, -0.25) is 9.78 Å². The molecule has 6 heteroatoms. The lowest BCUT2D eigenvalue weighted by Gasteiger charge is -2.04. The number of pyridine rings is 1. The molecule has 0 saturated heterocycles. The van der Waals surface area contributed by atoms with Crippen LogP contribution in [0, 0.1) is 0 Å². The Morgan fingerprint density at radius 2 is 2.11 bits per heavy atom. The minimum atomic E-state index is -0.106. The molecule has 0 fully saturated rings. The number of anilines is 1. The first-order valence-electron chi connectivity index (χ1n) is 5.46. The van der Waals surface area contributed by atoms with Crippen molar-refractivity contribution in [2.24, 2.45) is 0 Å². The molecule has 0 unspecified atom stereocenters. The monoisotopic (exact) mass is 243 g/mol. The van der Waals surface area contributed by atoms with Crippen molar-refractivity contribution in [3.8, 4) is 0 Å². The molecule has 0 aromatic carbocycles. The van der Waals surface area contributed by atoms with E-state index in [9.17, 15) is 4.79 Å². The van der Waals surface area contributed by atoms with Crippen molar-refractivity contribution < 1.29 is 4.79 Å². The number of nitrogen functional groups attached to an aromatic ring is 1. The molecule has 0 saturated carbocycles. The van der Waals surface area contributed by atoms with Crippen LogP contribution >= 0.6 is 0 Å². The van der Waals surface area contributed by atoms with Gasteiger partial charge in [-0.25, -0.2) is 9.97 Å². The summed E-state index contributed by atoms with van der Waals surface area (Å²) in [5.74, 6) is -0.106. The smallest absolute Gasteiger partial charge is 0.226 e. The highest BCUT2D eigenvalue weighted by Gasteiger charge is 2.04. The number of rotatable bonds is 4. The highest BCUT2D eigenvalue weighted by Crippen LogP contribution is 2.01. The van der Waals surface area contributed by atoms with Gasteiger partial charge in [0.25, 0.3) is 0 Å². The maximum Gasteiger partial charge on any atom is 0.226 e. The Kier molecular flexibility index (Phi) is 3.80. The van der Waals surface area contributed by atoms with E-state index in [0.29, 0.717) is 17.9 Å². The number of carbonyl (C=O) groups is 1. The van der Waals surface area contributed by atoms with Crippen molar-refractivity contribution in [2.45, 2.75) is 13.0 Å². The summed E-state index contributed by atoms with van der Waals surface area (Å²) in [4.78, 5) is 23.5. The fraction of sp³-hybridized carbons (Fsp3) is 0.167.